The summed E-state index contributed by atoms with van der Waals surface area (Å²) in [4.78, 5) is 0. The third-order valence-corrected chi connectivity index (χ3v) is 3.13. The Kier molecular flexibility index (Phi) is 4.96. The van der Waals surface area contributed by atoms with E-state index in [1.165, 1.54) is 24.3 Å². The summed E-state index contributed by atoms with van der Waals surface area (Å²) in [5.74, 6) is -0.301. The molecule has 21 heavy (non-hydrogen) atoms. The lowest BCUT2D eigenvalue weighted by molar-refractivity contribution is -0.0504. The molecule has 0 unspecified atom stereocenters. The van der Waals surface area contributed by atoms with Crippen molar-refractivity contribution in [2.45, 2.75) is 20.1 Å². The zero-order chi connectivity index (χ0) is 15.4. The maximum atomic E-state index is 13.4. The van der Waals surface area contributed by atoms with E-state index in [0.717, 1.165) is 0 Å². The molecule has 2 rings (SSSR count). The van der Waals surface area contributed by atoms with Gasteiger partial charge in [0.15, 0.2) is 0 Å². The molecule has 0 aliphatic heterocycles. The molecule has 112 valence electrons. The Bertz CT molecular complexity index is 634. The van der Waals surface area contributed by atoms with Crippen LogP contribution in [0.1, 0.15) is 11.1 Å². The third-order valence-electron chi connectivity index (χ3n) is 2.89. The van der Waals surface area contributed by atoms with Crippen molar-refractivity contribution in [3.8, 4) is 5.75 Å². The fourth-order valence-electron chi connectivity index (χ4n) is 1.80. The highest BCUT2D eigenvalue weighted by Crippen LogP contribution is 2.25. The minimum Gasteiger partial charge on any atom is -0.434 e. The van der Waals surface area contributed by atoms with Gasteiger partial charge in [-0.25, -0.2) is 4.39 Å². The summed E-state index contributed by atoms with van der Waals surface area (Å²) in [6.07, 6.45) is 0. The van der Waals surface area contributed by atoms with Crippen LogP contribution in [0.5, 0.6) is 5.75 Å². The average Bonchev–Trinajstić information content (AvgIpc) is 2.42. The van der Waals surface area contributed by atoms with Crippen LogP contribution >= 0.6 is 11.6 Å². The summed E-state index contributed by atoms with van der Waals surface area (Å²) in [5.41, 5.74) is 1.54. The fraction of sp³-hybridized carbons (Fsp3) is 0.200. The standard InChI is InChI=1S/C15H13ClF3NO/c1-9-2-4-12(7-13(9)17)20-8-10-6-11(16)3-5-14(10)21-15(18)19/h2-7,15,20H,8H2,1H3. The molecular weight excluding hydrogens is 303 g/mol. The molecule has 2 aromatic carbocycles. The largest absolute Gasteiger partial charge is 0.434 e. The zero-order valence-corrected chi connectivity index (χ0v) is 11.9. The second-order valence-electron chi connectivity index (χ2n) is 4.45. The molecule has 0 fully saturated rings. The molecular formula is C15H13ClF3NO. The summed E-state index contributed by atoms with van der Waals surface area (Å²) >= 11 is 5.85. The maximum absolute atomic E-state index is 13.4. The van der Waals surface area contributed by atoms with Gasteiger partial charge in [-0.1, -0.05) is 17.7 Å². The van der Waals surface area contributed by atoms with Crippen LogP contribution < -0.4 is 10.1 Å². The molecule has 0 atom stereocenters. The molecule has 0 aromatic heterocycles. The molecule has 6 heteroatoms. The number of ether oxygens (including phenoxy) is 1. The number of benzene rings is 2. The second-order valence-corrected chi connectivity index (χ2v) is 4.88. The number of rotatable bonds is 5. The van der Waals surface area contributed by atoms with Gasteiger partial charge in [0.2, 0.25) is 0 Å². The Morgan fingerprint density at radius 1 is 1.19 bits per heavy atom. The van der Waals surface area contributed by atoms with Gasteiger partial charge in [-0.15, -0.1) is 0 Å². The van der Waals surface area contributed by atoms with Gasteiger partial charge in [0.25, 0.3) is 0 Å². The van der Waals surface area contributed by atoms with Crippen LogP contribution in [0.25, 0.3) is 0 Å². The quantitative estimate of drug-likeness (QED) is 0.838. The number of anilines is 1. The van der Waals surface area contributed by atoms with E-state index in [9.17, 15) is 13.2 Å². The van der Waals surface area contributed by atoms with Crippen molar-refractivity contribution in [3.63, 3.8) is 0 Å². The van der Waals surface area contributed by atoms with Gasteiger partial charge in [-0.2, -0.15) is 8.78 Å². The van der Waals surface area contributed by atoms with Crippen molar-refractivity contribution in [1.29, 1.82) is 0 Å². The number of alkyl halides is 2. The van der Waals surface area contributed by atoms with Crippen LogP contribution in [0.15, 0.2) is 36.4 Å². The maximum Gasteiger partial charge on any atom is 0.387 e. The molecule has 2 aromatic rings. The number of aryl methyl sites for hydroxylation is 1. The molecule has 0 aliphatic carbocycles. The van der Waals surface area contributed by atoms with Gasteiger partial charge in [-0.3, -0.25) is 0 Å². The molecule has 2 nitrogen and oxygen atoms in total. The van der Waals surface area contributed by atoms with Crippen molar-refractivity contribution in [1.82, 2.24) is 0 Å². The molecule has 0 heterocycles. The van der Waals surface area contributed by atoms with Crippen LogP contribution in [-0.2, 0) is 6.54 Å². The highest BCUT2D eigenvalue weighted by Gasteiger charge is 2.10. The van der Waals surface area contributed by atoms with Crippen LogP contribution in [0.3, 0.4) is 0 Å². The molecule has 0 saturated heterocycles. The van der Waals surface area contributed by atoms with Gasteiger partial charge in [0.1, 0.15) is 11.6 Å². The predicted octanol–water partition coefficient (Wildman–Crippen LogP) is 5.00. The van der Waals surface area contributed by atoms with Crippen molar-refractivity contribution in [2.75, 3.05) is 5.32 Å². The monoisotopic (exact) mass is 315 g/mol. The Hall–Kier alpha value is -1.88. The van der Waals surface area contributed by atoms with Gasteiger partial charge >= 0.3 is 6.61 Å². The summed E-state index contributed by atoms with van der Waals surface area (Å²) in [7, 11) is 0. The SMILES string of the molecule is Cc1ccc(NCc2cc(Cl)ccc2OC(F)F)cc1F. The molecule has 1 N–H and O–H groups in total. The first-order valence-electron chi connectivity index (χ1n) is 6.19. The first-order chi connectivity index (χ1) is 9.95. The Morgan fingerprint density at radius 2 is 1.95 bits per heavy atom. The lowest BCUT2D eigenvalue weighted by atomic mass is 10.1. The molecule has 0 amide bonds. The van der Waals surface area contributed by atoms with Crippen molar-refractivity contribution in [3.05, 3.63) is 58.4 Å². The summed E-state index contributed by atoms with van der Waals surface area (Å²) in [6.45, 7) is -1.07. The molecule has 0 bridgehead atoms. The normalized spacial score (nSPS) is 10.8. The van der Waals surface area contributed by atoms with Crippen LogP contribution in [0.4, 0.5) is 18.9 Å². The van der Waals surface area contributed by atoms with E-state index >= 15 is 0 Å². The minimum atomic E-state index is -2.92. The van der Waals surface area contributed by atoms with E-state index in [4.69, 9.17) is 11.6 Å². The van der Waals surface area contributed by atoms with Crippen molar-refractivity contribution in [2.24, 2.45) is 0 Å². The first kappa shape index (κ1) is 15.5. The summed E-state index contributed by atoms with van der Waals surface area (Å²) in [5, 5.41) is 3.35. The topological polar surface area (TPSA) is 21.3 Å². The Balaban J connectivity index is 2.14. The highest BCUT2D eigenvalue weighted by molar-refractivity contribution is 6.30. The highest BCUT2D eigenvalue weighted by atomic mass is 35.5. The van der Waals surface area contributed by atoms with E-state index in [1.807, 2.05) is 0 Å². The van der Waals surface area contributed by atoms with Gasteiger partial charge < -0.3 is 10.1 Å². The molecule has 0 aliphatic rings. The minimum absolute atomic E-state index is 0.0366. The van der Waals surface area contributed by atoms with E-state index in [1.54, 1.807) is 19.1 Å². The third kappa shape index (κ3) is 4.29. The smallest absolute Gasteiger partial charge is 0.387 e. The number of hydrogen-bond acceptors (Lipinski definition) is 2. The average molecular weight is 316 g/mol. The zero-order valence-electron chi connectivity index (χ0n) is 11.2. The number of hydrogen-bond donors (Lipinski definition) is 1. The van der Waals surface area contributed by atoms with Gasteiger partial charge in [0.05, 0.1) is 0 Å². The van der Waals surface area contributed by atoms with Gasteiger partial charge in [-0.05, 0) is 42.8 Å². The van der Waals surface area contributed by atoms with E-state index in [2.05, 4.69) is 10.1 Å². The van der Waals surface area contributed by atoms with Crippen LogP contribution in [-0.4, -0.2) is 6.61 Å². The second kappa shape index (κ2) is 6.72. The fourth-order valence-corrected chi connectivity index (χ4v) is 1.99. The number of halogens is 4. The Morgan fingerprint density at radius 3 is 2.62 bits per heavy atom. The molecule has 0 saturated carbocycles. The lowest BCUT2D eigenvalue weighted by Crippen LogP contribution is -2.07. The Labute approximate surface area is 125 Å². The molecule has 0 spiro atoms. The van der Waals surface area contributed by atoms with E-state index in [0.29, 0.717) is 21.8 Å². The predicted molar refractivity (Wildman–Crippen MR) is 76.5 cm³/mol. The van der Waals surface area contributed by atoms with Crippen molar-refractivity contribution < 1.29 is 17.9 Å². The first-order valence-corrected chi connectivity index (χ1v) is 6.57. The van der Waals surface area contributed by atoms with Crippen LogP contribution in [0.2, 0.25) is 5.02 Å². The summed E-state index contributed by atoms with van der Waals surface area (Å²) < 4.78 is 42.5. The van der Waals surface area contributed by atoms with Crippen molar-refractivity contribution >= 4 is 17.3 Å². The van der Waals surface area contributed by atoms with E-state index < -0.39 is 6.61 Å². The van der Waals surface area contributed by atoms with Gasteiger partial charge in [0, 0.05) is 22.8 Å². The number of nitrogens with one attached hydrogen (secondary N) is 1. The summed E-state index contributed by atoms with van der Waals surface area (Å²) in [6, 6.07) is 9.04. The lowest BCUT2D eigenvalue weighted by Gasteiger charge is -2.13. The molecule has 0 radical (unpaired) electrons. The van der Waals surface area contributed by atoms with E-state index in [-0.39, 0.29) is 18.1 Å². The van der Waals surface area contributed by atoms with Crippen LogP contribution in [0, 0.1) is 12.7 Å².